The molecule has 0 bridgehead atoms. The number of hydrogen-bond donors (Lipinski definition) is 0. The SMILES string of the molecule is Cc1ccc(Cn2nc(C)c(C(=O)N(C)[C@@H](C)c3nc4ccccc4s3)c2C)cc1. The summed E-state index contributed by atoms with van der Waals surface area (Å²) in [4.78, 5) is 19.9. The Bertz CT molecular complexity index is 1170. The first-order valence-corrected chi connectivity index (χ1v) is 10.9. The minimum Gasteiger partial charge on any atom is -0.332 e. The molecule has 2 heterocycles. The van der Waals surface area contributed by atoms with Crippen molar-refractivity contribution >= 4 is 27.5 Å². The van der Waals surface area contributed by atoms with Gasteiger partial charge in [-0.05, 0) is 45.4 Å². The van der Waals surface area contributed by atoms with Crippen LogP contribution >= 0.6 is 11.3 Å². The second-order valence-electron chi connectivity index (χ2n) is 7.80. The maximum Gasteiger partial charge on any atom is 0.257 e. The predicted octanol–water partition coefficient (Wildman–Crippen LogP) is 5.30. The molecular weight excluding hydrogens is 392 g/mol. The highest BCUT2D eigenvalue weighted by Crippen LogP contribution is 2.30. The number of aromatic nitrogens is 3. The number of carbonyl (C=O) groups excluding carboxylic acids is 1. The van der Waals surface area contributed by atoms with Crippen molar-refractivity contribution in [2.45, 2.75) is 40.3 Å². The quantitative estimate of drug-likeness (QED) is 0.442. The highest BCUT2D eigenvalue weighted by atomic mass is 32.1. The highest BCUT2D eigenvalue weighted by Gasteiger charge is 2.26. The second-order valence-corrected chi connectivity index (χ2v) is 8.86. The highest BCUT2D eigenvalue weighted by molar-refractivity contribution is 7.18. The van der Waals surface area contributed by atoms with E-state index in [0.29, 0.717) is 12.1 Å². The number of para-hydroxylation sites is 1. The molecule has 0 saturated carbocycles. The van der Waals surface area contributed by atoms with E-state index in [1.807, 2.05) is 50.7 Å². The van der Waals surface area contributed by atoms with Crippen LogP contribution in [0.25, 0.3) is 10.2 Å². The van der Waals surface area contributed by atoms with Gasteiger partial charge in [-0.25, -0.2) is 4.98 Å². The van der Waals surface area contributed by atoms with Crippen molar-refractivity contribution in [2.24, 2.45) is 0 Å². The first-order chi connectivity index (χ1) is 14.3. The molecule has 154 valence electrons. The third kappa shape index (κ3) is 3.75. The molecule has 0 N–H and O–H groups in total. The Labute approximate surface area is 181 Å². The summed E-state index contributed by atoms with van der Waals surface area (Å²) >= 11 is 1.64. The number of amides is 1. The number of aryl methyl sites for hydroxylation is 2. The van der Waals surface area contributed by atoms with Crippen LogP contribution in [0.1, 0.15) is 50.8 Å². The van der Waals surface area contributed by atoms with Crippen molar-refractivity contribution in [1.29, 1.82) is 0 Å². The van der Waals surface area contributed by atoms with E-state index in [9.17, 15) is 4.79 Å². The molecule has 30 heavy (non-hydrogen) atoms. The van der Waals surface area contributed by atoms with Crippen LogP contribution in [0.15, 0.2) is 48.5 Å². The minimum absolute atomic E-state index is 0.0214. The third-order valence-corrected chi connectivity index (χ3v) is 6.82. The molecule has 1 atom stereocenters. The van der Waals surface area contributed by atoms with Crippen molar-refractivity contribution in [2.75, 3.05) is 7.05 Å². The van der Waals surface area contributed by atoms with Gasteiger partial charge < -0.3 is 4.90 Å². The molecule has 0 fully saturated rings. The fraction of sp³-hybridized carbons (Fsp3) is 0.292. The van der Waals surface area contributed by atoms with Crippen LogP contribution in [0.4, 0.5) is 0 Å². The number of nitrogens with zero attached hydrogens (tertiary/aromatic N) is 4. The van der Waals surface area contributed by atoms with E-state index in [0.717, 1.165) is 26.6 Å². The number of fused-ring (bicyclic) bond motifs is 1. The first kappa shape index (κ1) is 20.3. The molecule has 1 amide bonds. The summed E-state index contributed by atoms with van der Waals surface area (Å²) in [6.45, 7) is 8.63. The summed E-state index contributed by atoms with van der Waals surface area (Å²) in [7, 11) is 1.84. The Kier molecular flexibility index (Phi) is 5.43. The molecule has 0 unspecified atom stereocenters. The number of hydrogen-bond acceptors (Lipinski definition) is 4. The standard InChI is InChI=1S/C24H26N4OS/c1-15-10-12-19(13-11-15)14-28-17(3)22(16(2)26-28)24(29)27(5)18(4)23-25-20-8-6-7-9-21(20)30-23/h6-13,18H,14H2,1-5H3/t18-/m0/s1. The molecule has 0 radical (unpaired) electrons. The number of rotatable bonds is 5. The van der Waals surface area contributed by atoms with Gasteiger partial charge in [-0.2, -0.15) is 5.10 Å². The fourth-order valence-corrected chi connectivity index (χ4v) is 4.68. The molecule has 0 saturated heterocycles. The van der Waals surface area contributed by atoms with Crippen LogP contribution in [-0.4, -0.2) is 32.6 Å². The first-order valence-electron chi connectivity index (χ1n) is 10.1. The van der Waals surface area contributed by atoms with Gasteiger partial charge in [0.1, 0.15) is 5.01 Å². The zero-order valence-corrected chi connectivity index (χ0v) is 18.8. The Morgan fingerprint density at radius 1 is 1.10 bits per heavy atom. The molecule has 6 heteroatoms. The lowest BCUT2D eigenvalue weighted by molar-refractivity contribution is 0.0741. The van der Waals surface area contributed by atoms with Gasteiger partial charge in [0.2, 0.25) is 0 Å². The summed E-state index contributed by atoms with van der Waals surface area (Å²) in [6, 6.07) is 16.4. The van der Waals surface area contributed by atoms with Gasteiger partial charge in [0.05, 0.1) is 34.1 Å². The summed E-state index contributed by atoms with van der Waals surface area (Å²) in [5.41, 5.74) is 5.70. The normalized spacial score (nSPS) is 12.3. The van der Waals surface area contributed by atoms with Crippen LogP contribution < -0.4 is 0 Å². The second kappa shape index (κ2) is 8.03. The lowest BCUT2D eigenvalue weighted by atomic mass is 10.1. The van der Waals surface area contributed by atoms with Gasteiger partial charge in [0.15, 0.2) is 0 Å². The fourth-order valence-electron chi connectivity index (χ4n) is 3.61. The van der Waals surface area contributed by atoms with E-state index >= 15 is 0 Å². The number of benzene rings is 2. The minimum atomic E-state index is -0.117. The van der Waals surface area contributed by atoms with E-state index in [1.165, 1.54) is 11.1 Å². The van der Waals surface area contributed by atoms with E-state index < -0.39 is 0 Å². The molecular formula is C24H26N4OS. The molecule has 0 spiro atoms. The average molecular weight is 419 g/mol. The van der Waals surface area contributed by atoms with Crippen LogP contribution in [-0.2, 0) is 6.54 Å². The Hall–Kier alpha value is -2.99. The van der Waals surface area contributed by atoms with Crippen LogP contribution in [0.3, 0.4) is 0 Å². The molecule has 0 aliphatic carbocycles. The zero-order valence-electron chi connectivity index (χ0n) is 18.0. The van der Waals surface area contributed by atoms with Crippen molar-refractivity contribution in [3.05, 3.63) is 81.6 Å². The maximum atomic E-state index is 13.4. The Morgan fingerprint density at radius 3 is 2.50 bits per heavy atom. The van der Waals surface area contributed by atoms with E-state index in [1.54, 1.807) is 16.2 Å². The largest absolute Gasteiger partial charge is 0.332 e. The van der Waals surface area contributed by atoms with E-state index in [-0.39, 0.29) is 11.9 Å². The summed E-state index contributed by atoms with van der Waals surface area (Å²) in [6.07, 6.45) is 0. The average Bonchev–Trinajstić information content (AvgIpc) is 3.29. The van der Waals surface area contributed by atoms with Gasteiger partial charge in [-0.3, -0.25) is 9.48 Å². The Balaban J connectivity index is 1.58. The van der Waals surface area contributed by atoms with Crippen molar-refractivity contribution in [3.63, 3.8) is 0 Å². The van der Waals surface area contributed by atoms with Crippen molar-refractivity contribution < 1.29 is 4.79 Å². The van der Waals surface area contributed by atoms with Crippen molar-refractivity contribution in [1.82, 2.24) is 19.7 Å². The van der Waals surface area contributed by atoms with E-state index in [2.05, 4.69) is 42.4 Å². The van der Waals surface area contributed by atoms with Crippen LogP contribution in [0, 0.1) is 20.8 Å². The summed E-state index contributed by atoms with van der Waals surface area (Å²) < 4.78 is 3.06. The third-order valence-electron chi connectivity index (χ3n) is 5.62. The van der Waals surface area contributed by atoms with Crippen LogP contribution in [0.2, 0.25) is 0 Å². The molecule has 2 aromatic heterocycles. The number of carbonyl (C=O) groups is 1. The Morgan fingerprint density at radius 2 is 1.80 bits per heavy atom. The smallest absolute Gasteiger partial charge is 0.257 e. The lowest BCUT2D eigenvalue weighted by Crippen LogP contribution is -2.30. The predicted molar refractivity (Wildman–Crippen MR) is 122 cm³/mol. The van der Waals surface area contributed by atoms with Gasteiger partial charge in [0.25, 0.3) is 5.91 Å². The van der Waals surface area contributed by atoms with Gasteiger partial charge in [-0.15, -0.1) is 11.3 Å². The summed E-state index contributed by atoms with van der Waals surface area (Å²) in [5.74, 6) is -0.0214. The molecule has 0 aliphatic rings. The summed E-state index contributed by atoms with van der Waals surface area (Å²) in [5, 5.41) is 5.59. The molecule has 0 aliphatic heterocycles. The lowest BCUT2D eigenvalue weighted by Gasteiger charge is -2.23. The zero-order chi connectivity index (χ0) is 21.4. The van der Waals surface area contributed by atoms with Crippen molar-refractivity contribution in [3.8, 4) is 0 Å². The molecule has 5 nitrogen and oxygen atoms in total. The van der Waals surface area contributed by atoms with Gasteiger partial charge in [0, 0.05) is 12.7 Å². The number of thiazole rings is 1. The monoisotopic (exact) mass is 418 g/mol. The molecule has 4 aromatic rings. The van der Waals surface area contributed by atoms with E-state index in [4.69, 9.17) is 4.98 Å². The van der Waals surface area contributed by atoms with Gasteiger partial charge in [-0.1, -0.05) is 42.0 Å². The molecule has 4 rings (SSSR count). The maximum absolute atomic E-state index is 13.4. The molecule has 2 aromatic carbocycles. The van der Waals surface area contributed by atoms with Crippen LogP contribution in [0.5, 0.6) is 0 Å². The van der Waals surface area contributed by atoms with Gasteiger partial charge >= 0.3 is 0 Å². The topological polar surface area (TPSA) is 51.0 Å².